The van der Waals surface area contributed by atoms with Crippen LogP contribution in [-0.2, 0) is 0 Å². The Balaban J connectivity index is 1.65. The van der Waals surface area contributed by atoms with Crippen molar-refractivity contribution < 1.29 is 5.11 Å². The first-order valence-electron chi connectivity index (χ1n) is 5.16. The highest BCUT2D eigenvalue weighted by Gasteiger charge is 2.30. The molecule has 1 heterocycles. The normalized spacial score (nSPS) is 29.5. The number of hydrogen-bond donors (Lipinski definition) is 1. The zero-order valence-corrected chi connectivity index (χ0v) is 7.87. The van der Waals surface area contributed by atoms with Gasteiger partial charge in [0.25, 0.3) is 0 Å². The van der Waals surface area contributed by atoms with Crippen LogP contribution in [0.3, 0.4) is 0 Å². The maximum Gasteiger partial charge on any atom is 0.0695 e. The van der Waals surface area contributed by atoms with E-state index in [0.717, 1.165) is 12.5 Å². The van der Waals surface area contributed by atoms with Crippen molar-refractivity contribution in [2.45, 2.75) is 32.3 Å². The fourth-order valence-corrected chi connectivity index (χ4v) is 2.22. The molecule has 70 valence electrons. The lowest BCUT2D eigenvalue weighted by Crippen LogP contribution is -2.50. The van der Waals surface area contributed by atoms with E-state index in [1.807, 2.05) is 0 Å². The third kappa shape index (κ3) is 1.64. The van der Waals surface area contributed by atoms with E-state index in [9.17, 15) is 5.11 Å². The summed E-state index contributed by atoms with van der Waals surface area (Å²) < 4.78 is 0. The van der Waals surface area contributed by atoms with Crippen molar-refractivity contribution in [3.8, 4) is 0 Å². The van der Waals surface area contributed by atoms with Crippen LogP contribution in [-0.4, -0.2) is 35.7 Å². The first-order chi connectivity index (χ1) is 5.75. The Labute approximate surface area is 74.6 Å². The molecule has 1 atom stereocenters. The lowest BCUT2D eigenvalue weighted by atomic mass is 9.80. The maximum absolute atomic E-state index is 9.75. The van der Waals surface area contributed by atoms with E-state index in [4.69, 9.17) is 0 Å². The van der Waals surface area contributed by atoms with E-state index in [-0.39, 0.29) is 6.10 Å². The number of hydrogen-bond acceptors (Lipinski definition) is 2. The summed E-state index contributed by atoms with van der Waals surface area (Å²) in [4.78, 5) is 2.37. The van der Waals surface area contributed by atoms with Crippen molar-refractivity contribution in [1.82, 2.24) is 4.90 Å². The van der Waals surface area contributed by atoms with Crippen molar-refractivity contribution in [2.75, 3.05) is 19.6 Å². The molecule has 2 heteroatoms. The molecule has 0 aromatic rings. The van der Waals surface area contributed by atoms with Crippen LogP contribution >= 0.6 is 0 Å². The lowest BCUT2D eigenvalue weighted by molar-refractivity contribution is -0.00225. The molecule has 1 unspecified atom stereocenters. The Morgan fingerprint density at radius 3 is 2.50 bits per heavy atom. The van der Waals surface area contributed by atoms with Gasteiger partial charge in [-0.1, -0.05) is 13.3 Å². The minimum absolute atomic E-state index is 0.0359. The van der Waals surface area contributed by atoms with Crippen molar-refractivity contribution in [1.29, 1.82) is 0 Å². The number of aliphatic hydroxyl groups is 1. The van der Waals surface area contributed by atoms with Gasteiger partial charge in [0.2, 0.25) is 0 Å². The summed E-state index contributed by atoms with van der Waals surface area (Å²) in [5.74, 6) is 1.49. The Morgan fingerprint density at radius 2 is 2.08 bits per heavy atom. The molecular formula is C10H19NO. The third-order valence-corrected chi connectivity index (χ3v) is 3.28. The predicted molar refractivity (Wildman–Crippen MR) is 49.0 cm³/mol. The van der Waals surface area contributed by atoms with E-state index in [2.05, 4.69) is 11.8 Å². The van der Waals surface area contributed by atoms with Gasteiger partial charge < -0.3 is 10.0 Å². The average molecular weight is 169 g/mol. The molecular weight excluding hydrogens is 150 g/mol. The SMILES string of the molecule is CC1CN(CC(O)C2CCC2)C1. The summed E-state index contributed by atoms with van der Waals surface area (Å²) in [5, 5.41) is 9.75. The summed E-state index contributed by atoms with van der Waals surface area (Å²) in [6, 6.07) is 0. The van der Waals surface area contributed by atoms with Gasteiger partial charge >= 0.3 is 0 Å². The van der Waals surface area contributed by atoms with Crippen LogP contribution < -0.4 is 0 Å². The average Bonchev–Trinajstić information content (AvgIpc) is 1.79. The zero-order chi connectivity index (χ0) is 8.55. The van der Waals surface area contributed by atoms with Crippen molar-refractivity contribution in [3.05, 3.63) is 0 Å². The highest BCUT2D eigenvalue weighted by atomic mass is 16.3. The fraction of sp³-hybridized carbons (Fsp3) is 1.00. The minimum Gasteiger partial charge on any atom is -0.392 e. The first-order valence-corrected chi connectivity index (χ1v) is 5.16. The second-order valence-electron chi connectivity index (χ2n) is 4.58. The topological polar surface area (TPSA) is 23.5 Å². The second-order valence-corrected chi connectivity index (χ2v) is 4.58. The molecule has 1 N–H and O–H groups in total. The summed E-state index contributed by atoms with van der Waals surface area (Å²) in [5.41, 5.74) is 0. The number of nitrogens with zero attached hydrogens (tertiary/aromatic N) is 1. The van der Waals surface area contributed by atoms with Crippen molar-refractivity contribution >= 4 is 0 Å². The van der Waals surface area contributed by atoms with Crippen LogP contribution in [0.1, 0.15) is 26.2 Å². The van der Waals surface area contributed by atoms with Gasteiger partial charge in [-0.05, 0) is 24.7 Å². The number of aliphatic hydroxyl groups excluding tert-OH is 1. The molecule has 0 spiro atoms. The van der Waals surface area contributed by atoms with Crippen LogP contribution in [0.15, 0.2) is 0 Å². The molecule has 0 bridgehead atoms. The molecule has 2 fully saturated rings. The monoisotopic (exact) mass is 169 g/mol. The van der Waals surface area contributed by atoms with Crippen LogP contribution in [0.5, 0.6) is 0 Å². The predicted octanol–water partition coefficient (Wildman–Crippen LogP) is 1.10. The molecule has 1 saturated heterocycles. The molecule has 0 aromatic carbocycles. The quantitative estimate of drug-likeness (QED) is 0.684. The second kappa shape index (κ2) is 3.35. The Hall–Kier alpha value is -0.0800. The molecule has 0 radical (unpaired) electrons. The highest BCUT2D eigenvalue weighted by molar-refractivity contribution is 4.83. The fourth-order valence-electron chi connectivity index (χ4n) is 2.22. The molecule has 2 aliphatic rings. The van der Waals surface area contributed by atoms with Gasteiger partial charge in [0, 0.05) is 19.6 Å². The molecule has 2 nitrogen and oxygen atoms in total. The molecule has 1 saturated carbocycles. The third-order valence-electron chi connectivity index (χ3n) is 3.28. The summed E-state index contributed by atoms with van der Waals surface area (Å²) in [6.45, 7) is 5.59. The molecule has 2 rings (SSSR count). The van der Waals surface area contributed by atoms with Crippen molar-refractivity contribution in [2.24, 2.45) is 11.8 Å². The van der Waals surface area contributed by atoms with Gasteiger partial charge in [0.1, 0.15) is 0 Å². The minimum atomic E-state index is -0.0359. The Morgan fingerprint density at radius 1 is 1.42 bits per heavy atom. The van der Waals surface area contributed by atoms with Crippen LogP contribution in [0, 0.1) is 11.8 Å². The van der Waals surface area contributed by atoms with E-state index in [0.29, 0.717) is 5.92 Å². The summed E-state index contributed by atoms with van der Waals surface area (Å²) in [6.07, 6.45) is 3.80. The Bertz CT molecular complexity index is 150. The maximum atomic E-state index is 9.75. The van der Waals surface area contributed by atoms with E-state index >= 15 is 0 Å². The zero-order valence-electron chi connectivity index (χ0n) is 7.87. The van der Waals surface area contributed by atoms with Gasteiger partial charge in [-0.25, -0.2) is 0 Å². The molecule has 1 aliphatic carbocycles. The smallest absolute Gasteiger partial charge is 0.0695 e. The number of β-amino-alcohol motifs (C(OH)–C–C–N with tert-alkyl or cyclic N) is 1. The van der Waals surface area contributed by atoms with Crippen molar-refractivity contribution in [3.63, 3.8) is 0 Å². The van der Waals surface area contributed by atoms with E-state index in [1.54, 1.807) is 0 Å². The van der Waals surface area contributed by atoms with E-state index < -0.39 is 0 Å². The lowest BCUT2D eigenvalue weighted by Gasteiger charge is -2.41. The molecule has 12 heavy (non-hydrogen) atoms. The molecule has 1 aliphatic heterocycles. The van der Waals surface area contributed by atoms with Crippen LogP contribution in [0.2, 0.25) is 0 Å². The van der Waals surface area contributed by atoms with Gasteiger partial charge in [-0.2, -0.15) is 0 Å². The standard InChI is InChI=1S/C10H19NO/c1-8-5-11(6-8)7-10(12)9-3-2-4-9/h8-10,12H,2-7H2,1H3. The van der Waals surface area contributed by atoms with E-state index in [1.165, 1.54) is 32.4 Å². The van der Waals surface area contributed by atoms with Crippen LogP contribution in [0.4, 0.5) is 0 Å². The molecule has 0 aromatic heterocycles. The van der Waals surface area contributed by atoms with Gasteiger partial charge in [-0.3, -0.25) is 0 Å². The van der Waals surface area contributed by atoms with Gasteiger partial charge in [0.05, 0.1) is 6.10 Å². The molecule has 0 amide bonds. The van der Waals surface area contributed by atoms with Crippen LogP contribution in [0.25, 0.3) is 0 Å². The van der Waals surface area contributed by atoms with Gasteiger partial charge in [-0.15, -0.1) is 0 Å². The number of rotatable bonds is 3. The first kappa shape index (κ1) is 8.52. The summed E-state index contributed by atoms with van der Waals surface area (Å²) in [7, 11) is 0. The summed E-state index contributed by atoms with van der Waals surface area (Å²) >= 11 is 0. The number of likely N-dealkylation sites (tertiary alicyclic amines) is 1. The Kier molecular flexibility index (Phi) is 2.37. The highest BCUT2D eigenvalue weighted by Crippen LogP contribution is 2.30. The largest absolute Gasteiger partial charge is 0.392 e. The van der Waals surface area contributed by atoms with Gasteiger partial charge in [0.15, 0.2) is 0 Å².